The molecular weight excluding hydrogens is 272 g/mol. The number of nitrogens with one attached hydrogen (secondary N) is 1. The van der Waals surface area contributed by atoms with E-state index in [-0.39, 0.29) is 5.69 Å². The van der Waals surface area contributed by atoms with Crippen LogP contribution in [0.3, 0.4) is 0 Å². The van der Waals surface area contributed by atoms with E-state index in [1.165, 1.54) is 11.8 Å². The minimum absolute atomic E-state index is 0.161. The molecule has 1 amide bonds. The van der Waals surface area contributed by atoms with Gasteiger partial charge >= 0.3 is 5.97 Å². The third-order valence-corrected chi connectivity index (χ3v) is 2.97. The van der Waals surface area contributed by atoms with Crippen LogP contribution < -0.4 is 11.1 Å². The van der Waals surface area contributed by atoms with E-state index < -0.39 is 11.9 Å². The van der Waals surface area contributed by atoms with Gasteiger partial charge in [-0.05, 0) is 30.7 Å². The Labute approximate surface area is 121 Å². The fraction of sp³-hybridized carbons (Fsp3) is 0.214. The Morgan fingerprint density at radius 2 is 2.10 bits per heavy atom. The molecule has 1 heterocycles. The van der Waals surface area contributed by atoms with Crippen LogP contribution in [0.1, 0.15) is 26.4 Å². The second-order valence-electron chi connectivity index (χ2n) is 4.58. The number of nitrogens with zero attached hydrogens (tertiary/aromatic N) is 2. The highest BCUT2D eigenvalue weighted by Crippen LogP contribution is 2.19. The summed E-state index contributed by atoms with van der Waals surface area (Å²) in [7, 11) is 3.00. The first-order valence-electron chi connectivity index (χ1n) is 6.22. The lowest BCUT2D eigenvalue weighted by Gasteiger charge is -2.09. The van der Waals surface area contributed by atoms with Gasteiger partial charge in [0.2, 0.25) is 0 Å². The second-order valence-corrected chi connectivity index (χ2v) is 4.58. The molecule has 0 saturated heterocycles. The number of aryl methyl sites for hydroxylation is 2. The summed E-state index contributed by atoms with van der Waals surface area (Å²) in [4.78, 5) is 23.5. The van der Waals surface area contributed by atoms with Crippen LogP contribution in [0.5, 0.6) is 0 Å². The normalized spacial score (nSPS) is 10.2. The third kappa shape index (κ3) is 3.02. The van der Waals surface area contributed by atoms with Gasteiger partial charge in [-0.3, -0.25) is 9.48 Å². The molecule has 1 aromatic heterocycles. The maximum absolute atomic E-state index is 12.1. The molecule has 2 aromatic rings. The molecule has 7 nitrogen and oxygen atoms in total. The summed E-state index contributed by atoms with van der Waals surface area (Å²) in [6, 6.07) is 4.86. The van der Waals surface area contributed by atoms with Crippen molar-refractivity contribution in [2.45, 2.75) is 6.92 Å². The van der Waals surface area contributed by atoms with E-state index >= 15 is 0 Å². The lowest BCUT2D eigenvalue weighted by atomic mass is 10.1. The van der Waals surface area contributed by atoms with Gasteiger partial charge in [-0.25, -0.2) is 4.79 Å². The van der Waals surface area contributed by atoms with Crippen LogP contribution in [-0.4, -0.2) is 28.8 Å². The number of nitrogen functional groups attached to an aromatic ring is 1. The first-order chi connectivity index (χ1) is 9.92. The quantitative estimate of drug-likeness (QED) is 0.830. The van der Waals surface area contributed by atoms with Crippen molar-refractivity contribution >= 4 is 23.3 Å². The van der Waals surface area contributed by atoms with Crippen LogP contribution in [0.4, 0.5) is 11.4 Å². The van der Waals surface area contributed by atoms with Gasteiger partial charge < -0.3 is 15.8 Å². The van der Waals surface area contributed by atoms with E-state index in [1.807, 2.05) is 0 Å². The molecule has 1 aromatic carbocycles. The van der Waals surface area contributed by atoms with E-state index in [2.05, 4.69) is 15.2 Å². The molecule has 110 valence electrons. The number of hydrogen-bond acceptors (Lipinski definition) is 5. The summed E-state index contributed by atoms with van der Waals surface area (Å²) in [6.45, 7) is 1.78. The number of benzene rings is 1. The van der Waals surface area contributed by atoms with Crippen LogP contribution in [0.25, 0.3) is 0 Å². The summed E-state index contributed by atoms with van der Waals surface area (Å²) in [5, 5.41) is 6.72. The number of carbonyl (C=O) groups is 2. The van der Waals surface area contributed by atoms with Crippen LogP contribution in [0.15, 0.2) is 24.4 Å². The zero-order valence-electron chi connectivity index (χ0n) is 12.0. The number of hydrogen-bond donors (Lipinski definition) is 2. The largest absolute Gasteiger partial charge is 0.465 e. The number of rotatable bonds is 3. The number of anilines is 2. The van der Waals surface area contributed by atoms with E-state index in [0.29, 0.717) is 16.9 Å². The molecule has 0 unspecified atom stereocenters. The van der Waals surface area contributed by atoms with Crippen molar-refractivity contribution in [2.24, 2.45) is 7.05 Å². The lowest BCUT2D eigenvalue weighted by molar-refractivity contribution is 0.0600. The molecule has 0 saturated carbocycles. The average molecular weight is 288 g/mol. The molecular formula is C14H16N4O3. The van der Waals surface area contributed by atoms with Gasteiger partial charge in [0.05, 0.1) is 18.4 Å². The van der Waals surface area contributed by atoms with Crippen molar-refractivity contribution < 1.29 is 14.3 Å². The van der Waals surface area contributed by atoms with E-state index in [1.54, 1.807) is 38.4 Å². The molecule has 0 bridgehead atoms. The highest BCUT2D eigenvalue weighted by molar-refractivity contribution is 6.06. The molecule has 7 heteroatoms. The van der Waals surface area contributed by atoms with Crippen molar-refractivity contribution in [3.63, 3.8) is 0 Å². The van der Waals surface area contributed by atoms with E-state index in [0.717, 1.165) is 5.56 Å². The lowest BCUT2D eigenvalue weighted by Crippen LogP contribution is -2.15. The summed E-state index contributed by atoms with van der Waals surface area (Å²) in [6.07, 6.45) is 1.56. The Morgan fingerprint density at radius 3 is 2.62 bits per heavy atom. The smallest absolute Gasteiger partial charge is 0.337 e. The number of aromatic nitrogens is 2. The number of nitrogens with two attached hydrogens (primary N) is 1. The van der Waals surface area contributed by atoms with Gasteiger partial charge in [0, 0.05) is 18.9 Å². The highest BCUT2D eigenvalue weighted by atomic mass is 16.5. The average Bonchev–Trinajstić information content (AvgIpc) is 2.79. The Bertz CT molecular complexity index is 706. The summed E-state index contributed by atoms with van der Waals surface area (Å²) >= 11 is 0. The molecule has 0 aliphatic carbocycles. The van der Waals surface area contributed by atoms with Gasteiger partial charge in [-0.1, -0.05) is 0 Å². The molecule has 2 rings (SSSR count). The van der Waals surface area contributed by atoms with Crippen LogP contribution in [-0.2, 0) is 11.8 Å². The predicted octanol–water partition coefficient (Wildman–Crippen LogP) is 1.35. The summed E-state index contributed by atoms with van der Waals surface area (Å²) in [5.74, 6) is -0.827. The fourth-order valence-electron chi connectivity index (χ4n) is 1.91. The zero-order valence-corrected chi connectivity index (χ0v) is 12.0. The van der Waals surface area contributed by atoms with Crippen molar-refractivity contribution in [3.8, 4) is 0 Å². The van der Waals surface area contributed by atoms with Gasteiger partial charge in [-0.15, -0.1) is 0 Å². The van der Waals surface area contributed by atoms with Crippen molar-refractivity contribution in [2.75, 3.05) is 18.2 Å². The fourth-order valence-corrected chi connectivity index (χ4v) is 1.91. The van der Waals surface area contributed by atoms with Gasteiger partial charge in [0.25, 0.3) is 5.91 Å². The number of methoxy groups -OCH3 is 1. The molecule has 0 aliphatic rings. The molecule has 3 N–H and O–H groups in total. The first kappa shape index (κ1) is 14.6. The minimum Gasteiger partial charge on any atom is -0.465 e. The SMILES string of the molecule is COC(=O)c1ccc(NC(=O)c2nn(C)cc2N)c(C)c1. The van der Waals surface area contributed by atoms with Crippen molar-refractivity contribution in [1.82, 2.24) is 9.78 Å². The zero-order chi connectivity index (χ0) is 15.6. The van der Waals surface area contributed by atoms with Crippen molar-refractivity contribution in [3.05, 3.63) is 41.2 Å². The van der Waals surface area contributed by atoms with Crippen molar-refractivity contribution in [1.29, 1.82) is 0 Å². The van der Waals surface area contributed by atoms with Crippen LogP contribution in [0.2, 0.25) is 0 Å². The Kier molecular flexibility index (Phi) is 3.93. The molecule has 0 atom stereocenters. The molecule has 0 radical (unpaired) electrons. The Balaban J connectivity index is 2.22. The second kappa shape index (κ2) is 5.66. The molecule has 0 fully saturated rings. The third-order valence-electron chi connectivity index (χ3n) is 2.97. The molecule has 21 heavy (non-hydrogen) atoms. The topological polar surface area (TPSA) is 99.2 Å². The van der Waals surface area contributed by atoms with Crippen LogP contribution in [0, 0.1) is 6.92 Å². The van der Waals surface area contributed by atoms with Gasteiger partial charge in [0.1, 0.15) is 0 Å². The number of esters is 1. The maximum atomic E-state index is 12.1. The predicted molar refractivity (Wildman–Crippen MR) is 78.1 cm³/mol. The summed E-state index contributed by atoms with van der Waals surface area (Å²) < 4.78 is 6.11. The Hall–Kier alpha value is -2.83. The van der Waals surface area contributed by atoms with Crippen LogP contribution >= 0.6 is 0 Å². The summed E-state index contributed by atoms with van der Waals surface area (Å²) in [5.41, 5.74) is 7.92. The Morgan fingerprint density at radius 1 is 1.38 bits per heavy atom. The molecule has 0 spiro atoms. The molecule has 0 aliphatic heterocycles. The number of ether oxygens (including phenoxy) is 1. The van der Waals surface area contributed by atoms with Gasteiger partial charge in [0.15, 0.2) is 5.69 Å². The maximum Gasteiger partial charge on any atom is 0.337 e. The number of amides is 1. The van der Waals surface area contributed by atoms with E-state index in [4.69, 9.17) is 5.73 Å². The standard InChI is InChI=1S/C14H16N4O3/c1-8-6-9(14(20)21-3)4-5-11(8)16-13(19)12-10(15)7-18(2)17-12/h4-7H,15H2,1-3H3,(H,16,19). The first-order valence-corrected chi connectivity index (χ1v) is 6.22. The van der Waals surface area contributed by atoms with E-state index in [9.17, 15) is 9.59 Å². The number of carbonyl (C=O) groups excluding carboxylic acids is 2. The minimum atomic E-state index is -0.426. The van der Waals surface area contributed by atoms with Gasteiger partial charge in [-0.2, -0.15) is 5.10 Å². The highest BCUT2D eigenvalue weighted by Gasteiger charge is 2.15. The monoisotopic (exact) mass is 288 g/mol.